The van der Waals surface area contributed by atoms with Crippen molar-refractivity contribution in [2.75, 3.05) is 13.2 Å². The molecule has 0 rings (SSSR count). The van der Waals surface area contributed by atoms with Crippen molar-refractivity contribution in [3.8, 4) is 0 Å². The van der Waals surface area contributed by atoms with Gasteiger partial charge in [0, 0.05) is 19.3 Å². The van der Waals surface area contributed by atoms with Gasteiger partial charge in [0.1, 0.15) is 13.2 Å². The van der Waals surface area contributed by atoms with Crippen LogP contribution >= 0.6 is 0 Å². The van der Waals surface area contributed by atoms with Crippen molar-refractivity contribution in [2.24, 2.45) is 0 Å². The van der Waals surface area contributed by atoms with Crippen molar-refractivity contribution in [1.29, 1.82) is 0 Å². The van der Waals surface area contributed by atoms with E-state index in [9.17, 15) is 14.4 Å². The molecule has 0 saturated carbocycles. The van der Waals surface area contributed by atoms with Crippen molar-refractivity contribution in [3.63, 3.8) is 0 Å². The molecule has 452 valence electrons. The Kier molecular flexibility index (Phi) is 62.9. The Morgan fingerprint density at radius 3 is 0.775 bits per heavy atom. The highest BCUT2D eigenvalue weighted by atomic mass is 16.6. The van der Waals surface area contributed by atoms with Crippen LogP contribution in [0.15, 0.2) is 146 Å². The summed E-state index contributed by atoms with van der Waals surface area (Å²) in [5.74, 6) is -0.931. The van der Waals surface area contributed by atoms with Gasteiger partial charge in [0.05, 0.1) is 0 Å². The molecular weight excluding hydrogens is 985 g/mol. The Balaban J connectivity index is 4.34. The number of hydrogen-bond acceptors (Lipinski definition) is 6. The molecule has 0 aromatic carbocycles. The molecule has 0 radical (unpaired) electrons. The molecule has 1 unspecified atom stereocenters. The summed E-state index contributed by atoms with van der Waals surface area (Å²) in [4.78, 5) is 38.3. The van der Waals surface area contributed by atoms with E-state index in [0.717, 1.165) is 141 Å². The number of rotatable bonds is 58. The van der Waals surface area contributed by atoms with Gasteiger partial charge in [-0.3, -0.25) is 14.4 Å². The lowest BCUT2D eigenvalue weighted by molar-refractivity contribution is -0.167. The van der Waals surface area contributed by atoms with Gasteiger partial charge in [0.2, 0.25) is 0 Å². The topological polar surface area (TPSA) is 78.9 Å². The maximum absolute atomic E-state index is 12.9. The molecule has 0 aromatic rings. The normalized spacial score (nSPS) is 13.1. The van der Waals surface area contributed by atoms with Crippen molar-refractivity contribution in [1.82, 2.24) is 0 Å². The summed E-state index contributed by atoms with van der Waals surface area (Å²) in [6.45, 7) is 6.38. The number of esters is 3. The van der Waals surface area contributed by atoms with E-state index in [1.165, 1.54) is 103 Å². The smallest absolute Gasteiger partial charge is 0.306 e. The van der Waals surface area contributed by atoms with Gasteiger partial charge >= 0.3 is 17.9 Å². The second kappa shape index (κ2) is 66.8. The van der Waals surface area contributed by atoms with E-state index in [0.29, 0.717) is 12.8 Å². The third-order valence-corrected chi connectivity index (χ3v) is 13.6. The van der Waals surface area contributed by atoms with Gasteiger partial charge in [-0.25, -0.2) is 0 Å². The van der Waals surface area contributed by atoms with Gasteiger partial charge in [0.25, 0.3) is 0 Å². The van der Waals surface area contributed by atoms with Crippen molar-refractivity contribution < 1.29 is 28.6 Å². The van der Waals surface area contributed by atoms with Gasteiger partial charge in [-0.05, 0) is 122 Å². The predicted octanol–water partition coefficient (Wildman–Crippen LogP) is 22.7. The summed E-state index contributed by atoms with van der Waals surface area (Å²) >= 11 is 0. The lowest BCUT2D eigenvalue weighted by atomic mass is 10.0. The molecule has 0 heterocycles. The zero-order valence-electron chi connectivity index (χ0n) is 51.8. The number of carbonyl (C=O) groups excluding carboxylic acids is 3. The highest BCUT2D eigenvalue weighted by Crippen LogP contribution is 2.15. The number of ether oxygens (including phenoxy) is 3. The first-order chi connectivity index (χ1) is 39.5. The minimum absolute atomic E-state index is 0.0950. The fraction of sp³-hybridized carbons (Fsp3) is 0.635. The summed E-state index contributed by atoms with van der Waals surface area (Å²) in [7, 11) is 0. The molecule has 0 spiro atoms. The molecule has 80 heavy (non-hydrogen) atoms. The third-order valence-electron chi connectivity index (χ3n) is 13.6. The molecule has 6 heteroatoms. The van der Waals surface area contributed by atoms with Crippen LogP contribution in [-0.4, -0.2) is 37.2 Å². The molecule has 0 aliphatic carbocycles. The molecule has 1 atom stereocenters. The molecule has 0 bridgehead atoms. The van der Waals surface area contributed by atoms with Crippen LogP contribution in [0.5, 0.6) is 0 Å². The van der Waals surface area contributed by atoms with E-state index in [2.05, 4.69) is 167 Å². The van der Waals surface area contributed by atoms with Gasteiger partial charge in [-0.15, -0.1) is 0 Å². The molecule has 0 saturated heterocycles. The maximum atomic E-state index is 12.9. The first-order valence-corrected chi connectivity index (χ1v) is 32.8. The van der Waals surface area contributed by atoms with Crippen LogP contribution in [-0.2, 0) is 28.6 Å². The molecule has 0 aliphatic heterocycles. The summed E-state index contributed by atoms with van der Waals surface area (Å²) in [6, 6.07) is 0. The molecular formula is C74H120O6. The van der Waals surface area contributed by atoms with Crippen LogP contribution in [0.4, 0.5) is 0 Å². The number of carbonyl (C=O) groups is 3. The monoisotopic (exact) mass is 1100 g/mol. The summed E-state index contributed by atoms with van der Waals surface area (Å²) in [5.41, 5.74) is 0. The SMILES string of the molecule is CC/C=C\C/C=C\C/C=C\C/C=C\C/C=C\C/C=C\C/C=C\CCCCCC(=O)OC(COC(=O)CCCCCCCCCCCC)COC(=O)CCCCCCCCCCCCC/C=C\C/C=C\C/C=C\C/C=C\C/C=C\CC. The fourth-order valence-corrected chi connectivity index (χ4v) is 8.74. The predicted molar refractivity (Wildman–Crippen MR) is 348 cm³/mol. The lowest BCUT2D eigenvalue weighted by Gasteiger charge is -2.18. The Bertz CT molecular complexity index is 1750. The number of allylic oxidation sites excluding steroid dienone is 24. The summed E-state index contributed by atoms with van der Waals surface area (Å²) in [5, 5.41) is 0. The Labute approximate surface area is 493 Å². The first-order valence-electron chi connectivity index (χ1n) is 32.8. The maximum Gasteiger partial charge on any atom is 0.306 e. The minimum atomic E-state index is -0.802. The Morgan fingerprint density at radius 1 is 0.263 bits per heavy atom. The van der Waals surface area contributed by atoms with Crippen molar-refractivity contribution in [3.05, 3.63) is 146 Å². The van der Waals surface area contributed by atoms with Gasteiger partial charge in [-0.1, -0.05) is 289 Å². The van der Waals surface area contributed by atoms with Gasteiger partial charge in [-0.2, -0.15) is 0 Å². The standard InChI is InChI=1S/C74H120O6/c1-4-7-10-13-16-19-22-24-26-28-30-32-34-36-37-39-40-42-44-46-48-50-52-55-58-61-64-67-73(76)79-70-71(69-78-72(75)66-63-60-57-54-21-18-15-12-9-6-3)80-74(77)68-65-62-59-56-53-51-49-47-45-43-41-38-35-33-31-29-27-25-23-20-17-14-11-8-5-2/h7-8,10-11,16-17,19-20,24-27,30-33,36-38,41,45,47,51,53,71H,4-6,9,12-15,18,21-23,28-29,34-35,39-40,42-44,46,48-50,52,54-70H2,1-3H3/b10-7-,11-8-,19-16-,20-17-,26-24-,27-25-,32-30-,33-31-,37-36-,41-38-,47-45-,53-51-. The molecule has 6 nitrogen and oxygen atoms in total. The van der Waals surface area contributed by atoms with E-state index in [1.54, 1.807) is 0 Å². The van der Waals surface area contributed by atoms with Crippen LogP contribution in [0.25, 0.3) is 0 Å². The minimum Gasteiger partial charge on any atom is -0.462 e. The average Bonchev–Trinajstić information content (AvgIpc) is 3.46. The lowest BCUT2D eigenvalue weighted by Crippen LogP contribution is -2.30. The average molecular weight is 1110 g/mol. The molecule has 0 amide bonds. The molecule has 0 aromatic heterocycles. The third kappa shape index (κ3) is 64.1. The molecule has 0 aliphatic rings. The van der Waals surface area contributed by atoms with Crippen LogP contribution in [0, 0.1) is 0 Å². The number of unbranched alkanes of at least 4 members (excludes halogenated alkanes) is 23. The highest BCUT2D eigenvalue weighted by molar-refractivity contribution is 5.71. The van der Waals surface area contributed by atoms with E-state index in [-0.39, 0.29) is 37.5 Å². The van der Waals surface area contributed by atoms with Gasteiger partial charge < -0.3 is 14.2 Å². The van der Waals surface area contributed by atoms with Crippen molar-refractivity contribution >= 4 is 17.9 Å². The largest absolute Gasteiger partial charge is 0.462 e. The highest BCUT2D eigenvalue weighted by Gasteiger charge is 2.19. The van der Waals surface area contributed by atoms with Crippen LogP contribution in [0.2, 0.25) is 0 Å². The van der Waals surface area contributed by atoms with Crippen LogP contribution in [0.1, 0.15) is 284 Å². The van der Waals surface area contributed by atoms with E-state index in [4.69, 9.17) is 14.2 Å². The number of hydrogen-bond donors (Lipinski definition) is 0. The summed E-state index contributed by atoms with van der Waals surface area (Å²) < 4.78 is 16.9. The first kappa shape index (κ1) is 75.3. The van der Waals surface area contributed by atoms with Crippen LogP contribution in [0.3, 0.4) is 0 Å². The van der Waals surface area contributed by atoms with E-state index < -0.39 is 6.10 Å². The Morgan fingerprint density at radius 2 is 0.487 bits per heavy atom. The zero-order chi connectivity index (χ0) is 57.8. The molecule has 0 N–H and O–H groups in total. The van der Waals surface area contributed by atoms with Crippen molar-refractivity contribution in [2.45, 2.75) is 290 Å². The van der Waals surface area contributed by atoms with E-state index in [1.807, 2.05) is 0 Å². The quantitative estimate of drug-likeness (QED) is 0.0261. The zero-order valence-corrected chi connectivity index (χ0v) is 51.8. The van der Waals surface area contributed by atoms with Crippen LogP contribution < -0.4 is 0 Å². The second-order valence-corrected chi connectivity index (χ2v) is 21.3. The Hall–Kier alpha value is -4.71. The van der Waals surface area contributed by atoms with Gasteiger partial charge in [0.15, 0.2) is 6.10 Å². The fourth-order valence-electron chi connectivity index (χ4n) is 8.74. The molecule has 0 fully saturated rings. The second-order valence-electron chi connectivity index (χ2n) is 21.3. The van der Waals surface area contributed by atoms with E-state index >= 15 is 0 Å². The summed E-state index contributed by atoms with van der Waals surface area (Å²) in [6.07, 6.45) is 95.7.